The van der Waals surface area contributed by atoms with Crippen molar-refractivity contribution in [3.63, 3.8) is 0 Å². The van der Waals surface area contributed by atoms with E-state index in [0.717, 1.165) is 24.7 Å². The lowest BCUT2D eigenvalue weighted by Gasteiger charge is -2.23. The van der Waals surface area contributed by atoms with E-state index in [1.807, 2.05) is 30.3 Å². The Labute approximate surface area is 148 Å². The molecule has 1 aliphatic heterocycles. The highest BCUT2D eigenvalue weighted by atomic mass is 32.2. The molecule has 1 atom stereocenters. The third-order valence-corrected chi connectivity index (χ3v) is 4.98. The Morgan fingerprint density at radius 1 is 1.20 bits per heavy atom. The first-order valence-corrected chi connectivity index (χ1v) is 10.3. The van der Waals surface area contributed by atoms with Crippen molar-refractivity contribution in [3.8, 4) is 0 Å². The molecule has 1 unspecified atom stereocenters. The number of carbonyl (C=O) groups excluding carboxylic acids is 2. The van der Waals surface area contributed by atoms with Crippen LogP contribution in [0.5, 0.6) is 0 Å². The van der Waals surface area contributed by atoms with E-state index >= 15 is 0 Å². The lowest BCUT2D eigenvalue weighted by Crippen LogP contribution is -2.48. The topological polar surface area (TPSA) is 92.8 Å². The van der Waals surface area contributed by atoms with Crippen molar-refractivity contribution in [2.75, 3.05) is 25.1 Å². The first-order valence-electron chi connectivity index (χ1n) is 8.29. The van der Waals surface area contributed by atoms with Gasteiger partial charge in [-0.3, -0.25) is 4.79 Å². The van der Waals surface area contributed by atoms with Crippen molar-refractivity contribution in [1.82, 2.24) is 10.2 Å². The van der Waals surface area contributed by atoms with E-state index in [4.69, 9.17) is 4.74 Å². The van der Waals surface area contributed by atoms with Crippen LogP contribution in [0.1, 0.15) is 24.8 Å². The third kappa shape index (κ3) is 6.74. The average molecular weight is 368 g/mol. The number of hydrogen-bond donors (Lipinski definition) is 1. The second-order valence-corrected chi connectivity index (χ2v) is 8.47. The fourth-order valence-corrected chi connectivity index (χ4v) is 3.32. The molecule has 0 radical (unpaired) electrons. The normalized spacial score (nSPS) is 15.6. The summed E-state index contributed by atoms with van der Waals surface area (Å²) in [6, 6.07) is 8.29. The van der Waals surface area contributed by atoms with E-state index in [9.17, 15) is 18.0 Å². The van der Waals surface area contributed by atoms with Gasteiger partial charge in [-0.15, -0.1) is 0 Å². The summed E-state index contributed by atoms with van der Waals surface area (Å²) in [7, 11) is -3.23. The number of alkyl carbamates (subject to hydrolysis) is 1. The Hall–Kier alpha value is -2.09. The minimum Gasteiger partial charge on any atom is -0.445 e. The molecule has 0 bridgehead atoms. The zero-order valence-corrected chi connectivity index (χ0v) is 15.1. The molecule has 0 saturated carbocycles. The van der Waals surface area contributed by atoms with Gasteiger partial charge >= 0.3 is 6.09 Å². The van der Waals surface area contributed by atoms with Crippen LogP contribution in [-0.4, -0.2) is 56.5 Å². The number of amides is 2. The average Bonchev–Trinajstić information content (AvgIpc) is 3.11. The van der Waals surface area contributed by atoms with E-state index in [1.165, 1.54) is 0 Å². The van der Waals surface area contributed by atoms with Gasteiger partial charge < -0.3 is 15.0 Å². The zero-order chi connectivity index (χ0) is 18.3. The van der Waals surface area contributed by atoms with Crippen LogP contribution in [0.2, 0.25) is 0 Å². The maximum Gasteiger partial charge on any atom is 0.408 e. The van der Waals surface area contributed by atoms with E-state index in [1.54, 1.807) is 4.90 Å². The molecule has 2 rings (SSSR count). The van der Waals surface area contributed by atoms with Crippen molar-refractivity contribution in [1.29, 1.82) is 0 Å². The summed E-state index contributed by atoms with van der Waals surface area (Å²) in [5.41, 5.74) is 0.830. The first-order chi connectivity index (χ1) is 11.8. The second-order valence-electron chi connectivity index (χ2n) is 6.21. The highest BCUT2D eigenvalue weighted by molar-refractivity contribution is 7.90. The molecule has 1 aromatic carbocycles. The molecular weight excluding hydrogens is 344 g/mol. The fraction of sp³-hybridized carbons (Fsp3) is 0.529. The van der Waals surface area contributed by atoms with Crippen molar-refractivity contribution in [2.24, 2.45) is 0 Å². The molecule has 7 nitrogen and oxygen atoms in total. The van der Waals surface area contributed by atoms with Crippen LogP contribution in [0.25, 0.3) is 0 Å². The van der Waals surface area contributed by atoms with Gasteiger partial charge in [0.05, 0.1) is 5.75 Å². The van der Waals surface area contributed by atoms with Crippen LogP contribution in [0.4, 0.5) is 4.79 Å². The number of sulfone groups is 1. The Bertz CT molecular complexity index is 684. The number of benzene rings is 1. The molecule has 8 heteroatoms. The molecular formula is C17H24N2O5S. The predicted octanol–water partition coefficient (Wildman–Crippen LogP) is 1.34. The van der Waals surface area contributed by atoms with Gasteiger partial charge in [-0.2, -0.15) is 0 Å². The molecule has 1 heterocycles. The number of ether oxygens (including phenoxy) is 1. The van der Waals surface area contributed by atoms with Crippen LogP contribution in [0.15, 0.2) is 30.3 Å². The van der Waals surface area contributed by atoms with Crippen LogP contribution in [-0.2, 0) is 26.0 Å². The van der Waals surface area contributed by atoms with Crippen molar-refractivity contribution >= 4 is 21.8 Å². The number of hydrogen-bond acceptors (Lipinski definition) is 5. The van der Waals surface area contributed by atoms with Crippen molar-refractivity contribution in [3.05, 3.63) is 35.9 Å². The number of likely N-dealkylation sites (tertiary alicyclic amines) is 1. The molecule has 25 heavy (non-hydrogen) atoms. The van der Waals surface area contributed by atoms with Crippen LogP contribution >= 0.6 is 0 Å². The zero-order valence-electron chi connectivity index (χ0n) is 14.3. The van der Waals surface area contributed by atoms with E-state index in [-0.39, 0.29) is 24.7 Å². The van der Waals surface area contributed by atoms with Crippen molar-refractivity contribution < 1.29 is 22.7 Å². The molecule has 1 aliphatic rings. The minimum atomic E-state index is -3.23. The summed E-state index contributed by atoms with van der Waals surface area (Å²) in [5, 5.41) is 2.52. The highest BCUT2D eigenvalue weighted by Crippen LogP contribution is 2.11. The summed E-state index contributed by atoms with van der Waals surface area (Å²) in [5.74, 6) is -0.422. The van der Waals surface area contributed by atoms with Crippen LogP contribution in [0, 0.1) is 0 Å². The lowest BCUT2D eigenvalue weighted by atomic mass is 10.2. The Balaban J connectivity index is 1.93. The van der Waals surface area contributed by atoms with Gasteiger partial charge in [0.15, 0.2) is 0 Å². The lowest BCUT2D eigenvalue weighted by molar-refractivity contribution is -0.132. The van der Waals surface area contributed by atoms with Gasteiger partial charge in [0.1, 0.15) is 22.5 Å². The quantitative estimate of drug-likeness (QED) is 0.784. The minimum absolute atomic E-state index is 0.0363. The molecule has 1 N–H and O–H groups in total. The summed E-state index contributed by atoms with van der Waals surface area (Å²) >= 11 is 0. The van der Waals surface area contributed by atoms with E-state index in [2.05, 4.69) is 5.32 Å². The summed E-state index contributed by atoms with van der Waals surface area (Å²) < 4.78 is 27.9. The number of rotatable bonds is 7. The molecule has 1 saturated heterocycles. The Kier molecular flexibility index (Phi) is 6.81. The summed E-state index contributed by atoms with van der Waals surface area (Å²) in [6.07, 6.45) is 2.26. The number of nitrogens with zero attached hydrogens (tertiary/aromatic N) is 1. The van der Waals surface area contributed by atoms with Gasteiger partial charge in [0.25, 0.3) is 0 Å². The Morgan fingerprint density at radius 2 is 1.84 bits per heavy atom. The van der Waals surface area contributed by atoms with Gasteiger partial charge in [-0.1, -0.05) is 30.3 Å². The van der Waals surface area contributed by atoms with Crippen LogP contribution < -0.4 is 5.32 Å². The largest absolute Gasteiger partial charge is 0.445 e. The molecule has 1 fully saturated rings. The highest BCUT2D eigenvalue weighted by Gasteiger charge is 2.29. The molecule has 0 aromatic heterocycles. The van der Waals surface area contributed by atoms with Gasteiger partial charge in [0, 0.05) is 19.3 Å². The molecule has 0 spiro atoms. The molecule has 0 aliphatic carbocycles. The Morgan fingerprint density at radius 3 is 2.44 bits per heavy atom. The standard InChI is InChI=1S/C17H24N2O5S/c1-25(22,23)12-9-15(16(20)19-10-5-6-11-19)18-17(21)24-13-14-7-3-2-4-8-14/h2-4,7-8,15H,5-6,9-13H2,1H3,(H,18,21). The monoisotopic (exact) mass is 368 g/mol. The number of nitrogens with one attached hydrogen (secondary N) is 1. The van der Waals surface area contributed by atoms with Crippen molar-refractivity contribution in [2.45, 2.75) is 31.9 Å². The summed E-state index contributed by atoms with van der Waals surface area (Å²) in [4.78, 5) is 26.2. The van der Waals surface area contributed by atoms with Gasteiger partial charge in [-0.25, -0.2) is 13.2 Å². The predicted molar refractivity (Wildman–Crippen MR) is 93.7 cm³/mol. The van der Waals surface area contributed by atoms with Gasteiger partial charge in [0.2, 0.25) is 5.91 Å². The fourth-order valence-electron chi connectivity index (χ4n) is 2.65. The molecule has 2 amide bonds. The molecule has 1 aromatic rings. The number of carbonyl (C=O) groups is 2. The van der Waals surface area contributed by atoms with E-state index in [0.29, 0.717) is 13.1 Å². The molecule has 138 valence electrons. The summed E-state index contributed by atoms with van der Waals surface area (Å²) in [6.45, 7) is 1.35. The van der Waals surface area contributed by atoms with Gasteiger partial charge in [-0.05, 0) is 24.8 Å². The maximum atomic E-state index is 12.5. The third-order valence-electron chi connectivity index (χ3n) is 4.00. The SMILES string of the molecule is CS(=O)(=O)CCC(NC(=O)OCc1ccccc1)C(=O)N1CCCC1. The van der Waals surface area contributed by atoms with E-state index < -0.39 is 22.0 Å². The first kappa shape index (κ1) is 19.2. The second kappa shape index (κ2) is 8.84. The maximum absolute atomic E-state index is 12.5. The van der Waals surface area contributed by atoms with Crippen LogP contribution in [0.3, 0.4) is 0 Å². The smallest absolute Gasteiger partial charge is 0.408 e.